The minimum Gasteiger partial charge on any atom is -0.461 e. The van der Waals surface area contributed by atoms with Crippen LogP contribution in [0.25, 0.3) is 32.1 Å². The fourth-order valence-electron chi connectivity index (χ4n) is 8.82. The first-order valence-corrected chi connectivity index (χ1v) is 18.3. The molecule has 2 unspecified atom stereocenters. The zero-order chi connectivity index (χ0) is 36.1. The topological polar surface area (TPSA) is 142 Å². The van der Waals surface area contributed by atoms with Crippen molar-refractivity contribution in [1.82, 2.24) is 34.8 Å². The average Bonchev–Trinajstić information content (AvgIpc) is 3.92. The average molecular weight is 749 g/mol. The second-order valence-corrected chi connectivity index (χ2v) is 15.6. The summed E-state index contributed by atoms with van der Waals surface area (Å²) in [5, 5.41) is 18.5. The summed E-state index contributed by atoms with van der Waals surface area (Å²) in [5.74, 6) is -1.02. The minimum atomic E-state index is -0.966. The molecule has 4 fully saturated rings. The highest BCUT2D eigenvalue weighted by Gasteiger charge is 2.50. The van der Waals surface area contributed by atoms with Gasteiger partial charge in [-0.3, -0.25) is 4.90 Å². The number of nitrogen functional groups attached to an aromatic ring is 1. The van der Waals surface area contributed by atoms with E-state index in [0.29, 0.717) is 43.0 Å². The Hall–Kier alpha value is -4.72. The second-order valence-electron chi connectivity index (χ2n) is 14.2. The molecule has 7 heterocycles. The van der Waals surface area contributed by atoms with Gasteiger partial charge in [0, 0.05) is 42.4 Å². The number of piperazine rings is 1. The molecule has 4 aliphatic heterocycles. The van der Waals surface area contributed by atoms with Gasteiger partial charge in [0.15, 0.2) is 5.82 Å². The molecule has 0 spiro atoms. The highest BCUT2D eigenvalue weighted by molar-refractivity contribution is 7.23. The molecule has 4 atom stereocenters. The van der Waals surface area contributed by atoms with Crippen molar-refractivity contribution in [3.8, 4) is 23.2 Å². The van der Waals surface area contributed by atoms with Crippen LogP contribution in [0.2, 0.25) is 5.02 Å². The van der Waals surface area contributed by atoms with Gasteiger partial charge in [-0.1, -0.05) is 22.9 Å². The maximum atomic E-state index is 17.2. The number of rotatable bonds is 5. The van der Waals surface area contributed by atoms with Crippen LogP contribution >= 0.6 is 22.9 Å². The standard InChI is InChI=1S/C35H32ClF3N10O2S/c1-17-12-48(45-44-17)34(50)49-19-3-4-20(49)15-46(14-19)32-22-9-24(36)27(21-5-6-25(38)30-26(21)23(11-40)31(41)52-30)28(39)29(22)42-33(43-32)51-16-35-7-2-8-47(35)13-18(37)10-35/h5-6,9,12,18-20H,2-4,7-8,10,13-16,41H2,1H3/t18-,19?,20?,35+/m1/s1. The third kappa shape index (κ3) is 5.07. The lowest BCUT2D eigenvalue weighted by atomic mass is 9.95. The molecule has 0 saturated carbocycles. The van der Waals surface area contributed by atoms with Gasteiger partial charge in [0.2, 0.25) is 0 Å². The number of fused-ring (bicyclic) bond motifs is 5. The first kappa shape index (κ1) is 33.1. The van der Waals surface area contributed by atoms with E-state index in [-0.39, 0.29) is 73.0 Å². The summed E-state index contributed by atoms with van der Waals surface area (Å²) < 4.78 is 54.4. The molecule has 2 bridgehead atoms. The Bertz CT molecular complexity index is 2330. The summed E-state index contributed by atoms with van der Waals surface area (Å²) in [6.45, 7) is 3.79. The Balaban J connectivity index is 1.16. The number of nitriles is 1. The van der Waals surface area contributed by atoms with Crippen molar-refractivity contribution in [1.29, 1.82) is 5.26 Å². The van der Waals surface area contributed by atoms with Gasteiger partial charge in [-0.15, -0.1) is 16.4 Å². The highest BCUT2D eigenvalue weighted by atomic mass is 35.5. The van der Waals surface area contributed by atoms with E-state index in [1.54, 1.807) is 19.2 Å². The summed E-state index contributed by atoms with van der Waals surface area (Å²) >= 11 is 7.81. The summed E-state index contributed by atoms with van der Waals surface area (Å²) in [6.07, 6.45) is 4.14. The number of benzene rings is 2. The molecule has 0 aliphatic carbocycles. The van der Waals surface area contributed by atoms with E-state index in [2.05, 4.69) is 20.2 Å². The molecule has 2 aromatic carbocycles. The molecular formula is C35H32ClF3N10O2S. The molecule has 52 heavy (non-hydrogen) atoms. The lowest BCUT2D eigenvalue weighted by Gasteiger charge is -2.41. The first-order valence-electron chi connectivity index (χ1n) is 17.1. The molecule has 2 N–H and O–H groups in total. The van der Waals surface area contributed by atoms with Gasteiger partial charge in [-0.05, 0) is 56.8 Å². The smallest absolute Gasteiger partial charge is 0.346 e. The largest absolute Gasteiger partial charge is 0.461 e. The number of hydrogen-bond donors (Lipinski definition) is 1. The number of halogens is 4. The molecule has 268 valence electrons. The maximum Gasteiger partial charge on any atom is 0.346 e. The van der Waals surface area contributed by atoms with Gasteiger partial charge in [-0.25, -0.2) is 18.0 Å². The Labute approximate surface area is 304 Å². The van der Waals surface area contributed by atoms with Crippen LogP contribution in [0.4, 0.5) is 28.8 Å². The number of nitrogens with two attached hydrogens (primary N) is 1. The van der Waals surface area contributed by atoms with Gasteiger partial charge >= 0.3 is 12.0 Å². The van der Waals surface area contributed by atoms with Crippen molar-refractivity contribution in [2.24, 2.45) is 0 Å². The zero-order valence-electron chi connectivity index (χ0n) is 28.0. The fraction of sp³-hybridized carbons (Fsp3) is 0.429. The Morgan fingerprint density at radius 2 is 2.00 bits per heavy atom. The normalized spacial score (nSPS) is 24.3. The van der Waals surface area contributed by atoms with E-state index >= 15 is 4.39 Å². The van der Waals surface area contributed by atoms with Crippen molar-refractivity contribution in [3.05, 3.63) is 52.3 Å². The number of carbonyl (C=O) groups is 1. The van der Waals surface area contributed by atoms with E-state index in [4.69, 9.17) is 27.1 Å². The van der Waals surface area contributed by atoms with Crippen molar-refractivity contribution in [2.45, 2.75) is 62.8 Å². The minimum absolute atomic E-state index is 0.00357. The molecule has 17 heteroatoms. The lowest BCUT2D eigenvalue weighted by Crippen LogP contribution is -2.57. The number of alkyl halides is 1. The summed E-state index contributed by atoms with van der Waals surface area (Å²) in [4.78, 5) is 28.9. The fourth-order valence-corrected chi connectivity index (χ4v) is 10.1. The molecule has 3 aromatic heterocycles. The van der Waals surface area contributed by atoms with Crippen LogP contribution in [0.15, 0.2) is 24.4 Å². The lowest BCUT2D eigenvalue weighted by molar-refractivity contribution is 0.107. The van der Waals surface area contributed by atoms with Crippen molar-refractivity contribution >= 4 is 60.8 Å². The number of aryl methyl sites for hydroxylation is 1. The van der Waals surface area contributed by atoms with Gasteiger partial charge in [0.25, 0.3) is 0 Å². The van der Waals surface area contributed by atoms with E-state index in [1.807, 2.05) is 15.9 Å². The molecular weight excluding hydrogens is 717 g/mol. The summed E-state index contributed by atoms with van der Waals surface area (Å²) in [7, 11) is 0. The molecule has 4 aliphatic rings. The number of hydrogen-bond acceptors (Lipinski definition) is 11. The number of ether oxygens (including phenoxy) is 1. The predicted molar refractivity (Wildman–Crippen MR) is 189 cm³/mol. The van der Waals surface area contributed by atoms with E-state index in [1.165, 1.54) is 16.8 Å². The van der Waals surface area contributed by atoms with Crippen LogP contribution < -0.4 is 15.4 Å². The van der Waals surface area contributed by atoms with Crippen molar-refractivity contribution in [2.75, 3.05) is 43.4 Å². The molecule has 12 nitrogen and oxygen atoms in total. The van der Waals surface area contributed by atoms with Crippen molar-refractivity contribution < 1.29 is 22.7 Å². The maximum absolute atomic E-state index is 17.2. The van der Waals surface area contributed by atoms with Gasteiger partial charge in [0.1, 0.15) is 41.0 Å². The van der Waals surface area contributed by atoms with Crippen LogP contribution in [0, 0.1) is 29.9 Å². The SMILES string of the molecule is Cc1cn(C(=O)N2C3CCC2CN(c2nc(OC[C@@]45CCCN4C[C@H](F)C5)nc4c(F)c(-c5ccc(F)c6sc(N)c(C#N)c56)c(Cl)cc24)C3)nn1. The second kappa shape index (κ2) is 12.2. The number of carbonyl (C=O) groups excluding carboxylic acids is 1. The van der Waals surface area contributed by atoms with Gasteiger partial charge in [0.05, 0.1) is 44.8 Å². The van der Waals surface area contributed by atoms with Crippen LogP contribution in [-0.2, 0) is 0 Å². The van der Waals surface area contributed by atoms with E-state index in [9.17, 15) is 18.8 Å². The number of nitrogens with zero attached hydrogens (tertiary/aromatic N) is 9. The van der Waals surface area contributed by atoms with E-state index < -0.39 is 23.3 Å². The predicted octanol–water partition coefficient (Wildman–Crippen LogP) is 6.07. The Morgan fingerprint density at radius 1 is 1.21 bits per heavy atom. The highest BCUT2D eigenvalue weighted by Crippen LogP contribution is 2.47. The first-order chi connectivity index (χ1) is 25.0. The molecule has 1 amide bonds. The third-order valence-electron chi connectivity index (χ3n) is 11.1. The summed E-state index contributed by atoms with van der Waals surface area (Å²) in [5.41, 5.74) is 6.29. The van der Waals surface area contributed by atoms with Crippen LogP contribution in [0.3, 0.4) is 0 Å². The van der Waals surface area contributed by atoms with E-state index in [0.717, 1.165) is 43.6 Å². The van der Waals surface area contributed by atoms with Crippen LogP contribution in [-0.4, -0.2) is 97.4 Å². The quantitative estimate of drug-likeness (QED) is 0.225. The monoisotopic (exact) mass is 748 g/mol. The summed E-state index contributed by atoms with van der Waals surface area (Å²) in [6, 6.07) is 5.47. The van der Waals surface area contributed by atoms with Crippen LogP contribution in [0.5, 0.6) is 6.01 Å². The van der Waals surface area contributed by atoms with Crippen molar-refractivity contribution in [3.63, 3.8) is 0 Å². The third-order valence-corrected chi connectivity index (χ3v) is 12.4. The number of thiophene rings is 1. The molecule has 9 rings (SSSR count). The van der Waals surface area contributed by atoms with Crippen LogP contribution in [0.1, 0.15) is 43.4 Å². The Kier molecular flexibility index (Phi) is 7.76. The molecule has 5 aromatic rings. The Morgan fingerprint density at radius 3 is 2.73 bits per heavy atom. The number of aromatic nitrogens is 5. The number of amides is 1. The molecule has 4 saturated heterocycles. The van der Waals surface area contributed by atoms with Gasteiger partial charge < -0.3 is 20.3 Å². The molecule has 0 radical (unpaired) electrons. The number of anilines is 2. The van der Waals surface area contributed by atoms with Gasteiger partial charge in [-0.2, -0.15) is 19.9 Å². The zero-order valence-corrected chi connectivity index (χ0v) is 29.5.